The molecule has 5 heterocycles. The van der Waals surface area contributed by atoms with E-state index in [1.54, 1.807) is 0 Å². The van der Waals surface area contributed by atoms with Gasteiger partial charge in [0.2, 0.25) is 0 Å². The van der Waals surface area contributed by atoms with Crippen LogP contribution in [0.2, 0.25) is 0 Å². The maximum atomic E-state index is 4.86. The van der Waals surface area contributed by atoms with Gasteiger partial charge in [0.1, 0.15) is 11.3 Å². The Bertz CT molecular complexity index is 3040. The molecular formula is C62H56N8. The first-order valence-corrected chi connectivity index (χ1v) is 23.3. The monoisotopic (exact) mass is 912 g/mol. The standard InChI is InChI=1S/C20H14N2.2C13H13N.2C8H8N2/c1-3-9-15(10-4-1)19-20(16-11-5-2-6-12-16)22-18-14-8-7-13-17(18)21-19;2*1-14(12-8-4-2-5-9-12)13-10-6-3-7-11-13;2*1-7-6-10-5-3-2-4-8(10)9-7/h1-14H;2*2-11H,1H3;2*2-6H,1H3. The van der Waals surface area contributed by atoms with E-state index in [2.05, 4.69) is 155 Å². The molecular weight excluding hydrogens is 857 g/mol. The van der Waals surface area contributed by atoms with E-state index >= 15 is 0 Å². The van der Waals surface area contributed by atoms with Crippen molar-refractivity contribution in [3.8, 4) is 22.5 Å². The lowest BCUT2D eigenvalue weighted by Gasteiger charge is -2.18. The molecule has 12 rings (SSSR count). The molecule has 0 radical (unpaired) electrons. The Morgan fingerprint density at radius 2 is 0.571 bits per heavy atom. The third kappa shape index (κ3) is 12.8. The highest BCUT2D eigenvalue weighted by atomic mass is 15.1. The lowest BCUT2D eigenvalue weighted by Crippen LogP contribution is -2.08. The van der Waals surface area contributed by atoms with Crippen LogP contribution in [-0.2, 0) is 0 Å². The van der Waals surface area contributed by atoms with Gasteiger partial charge in [-0.1, -0.05) is 158 Å². The van der Waals surface area contributed by atoms with Crippen molar-refractivity contribution in [1.82, 2.24) is 28.7 Å². The molecule has 0 aliphatic carbocycles. The number of aromatic nitrogens is 6. The van der Waals surface area contributed by atoms with Crippen molar-refractivity contribution < 1.29 is 0 Å². The third-order valence-corrected chi connectivity index (χ3v) is 11.2. The zero-order valence-corrected chi connectivity index (χ0v) is 40.0. The summed E-state index contributed by atoms with van der Waals surface area (Å²) in [6.45, 7) is 3.99. The Hall–Kier alpha value is -9.14. The van der Waals surface area contributed by atoms with Crippen LogP contribution in [0.3, 0.4) is 0 Å². The Kier molecular flexibility index (Phi) is 16.3. The van der Waals surface area contributed by atoms with Crippen molar-refractivity contribution in [1.29, 1.82) is 0 Å². The predicted molar refractivity (Wildman–Crippen MR) is 292 cm³/mol. The fourth-order valence-corrected chi connectivity index (χ4v) is 7.62. The number of fused-ring (bicyclic) bond motifs is 3. The van der Waals surface area contributed by atoms with Crippen molar-refractivity contribution >= 4 is 45.1 Å². The van der Waals surface area contributed by atoms with Gasteiger partial charge in [-0.15, -0.1) is 0 Å². The van der Waals surface area contributed by atoms with Crippen LogP contribution in [0.15, 0.2) is 267 Å². The summed E-state index contributed by atoms with van der Waals surface area (Å²) >= 11 is 0. The second kappa shape index (κ2) is 24.1. The molecule has 7 aromatic carbocycles. The molecule has 5 aromatic heterocycles. The molecule has 0 atom stereocenters. The molecule has 0 bridgehead atoms. The number of anilines is 4. The predicted octanol–water partition coefficient (Wildman–Crippen LogP) is 15.2. The molecule has 344 valence electrons. The zero-order chi connectivity index (χ0) is 48.3. The van der Waals surface area contributed by atoms with Gasteiger partial charge in [0.05, 0.1) is 33.8 Å². The molecule has 0 amide bonds. The van der Waals surface area contributed by atoms with E-state index in [-0.39, 0.29) is 0 Å². The Balaban J connectivity index is 0.000000122. The number of aryl methyl sites for hydroxylation is 2. The number of hydrogen-bond acceptors (Lipinski definition) is 6. The summed E-state index contributed by atoms with van der Waals surface area (Å²) in [6, 6.07) is 81.7. The number of rotatable bonds is 6. The van der Waals surface area contributed by atoms with Gasteiger partial charge < -0.3 is 18.6 Å². The van der Waals surface area contributed by atoms with Crippen LogP contribution in [0.25, 0.3) is 44.8 Å². The Labute approximate surface area is 411 Å². The normalized spacial score (nSPS) is 10.3. The molecule has 0 fully saturated rings. The molecule has 0 unspecified atom stereocenters. The van der Waals surface area contributed by atoms with Crippen molar-refractivity contribution in [2.45, 2.75) is 13.8 Å². The van der Waals surface area contributed by atoms with Crippen molar-refractivity contribution in [2.24, 2.45) is 0 Å². The van der Waals surface area contributed by atoms with Gasteiger partial charge in [-0.2, -0.15) is 0 Å². The second-order valence-corrected chi connectivity index (χ2v) is 16.3. The molecule has 8 nitrogen and oxygen atoms in total. The molecule has 8 heteroatoms. The first-order chi connectivity index (χ1) is 34.4. The van der Waals surface area contributed by atoms with Crippen LogP contribution < -0.4 is 9.80 Å². The summed E-state index contributed by atoms with van der Waals surface area (Å²) < 4.78 is 4.02. The zero-order valence-electron chi connectivity index (χ0n) is 40.0. The first kappa shape index (κ1) is 47.4. The highest BCUT2D eigenvalue weighted by Crippen LogP contribution is 2.31. The Morgan fingerprint density at radius 1 is 0.300 bits per heavy atom. The molecule has 0 saturated carbocycles. The van der Waals surface area contributed by atoms with E-state index < -0.39 is 0 Å². The minimum atomic E-state index is 0.918. The summed E-state index contributed by atoms with van der Waals surface area (Å²) in [6.07, 6.45) is 8.01. The highest BCUT2D eigenvalue weighted by molar-refractivity contribution is 5.86. The minimum absolute atomic E-state index is 0.918. The SMILES string of the molecule is CN(c1ccccc1)c1ccccc1.CN(c1ccccc1)c1ccccc1.Cc1cn2ccccc2n1.Cc1cn2ccccc2n1.c1ccc(-c2nc3ccccc3nc2-c2ccccc2)cc1. The van der Waals surface area contributed by atoms with Gasteiger partial charge in [-0.3, -0.25) is 0 Å². The van der Waals surface area contributed by atoms with Crippen molar-refractivity contribution in [3.05, 3.63) is 279 Å². The van der Waals surface area contributed by atoms with Crippen LogP contribution in [0.1, 0.15) is 11.4 Å². The van der Waals surface area contributed by atoms with Gasteiger partial charge in [-0.05, 0) is 98.8 Å². The van der Waals surface area contributed by atoms with E-state index in [4.69, 9.17) is 9.97 Å². The maximum Gasteiger partial charge on any atom is 0.136 e. The molecule has 0 N–H and O–H groups in total. The van der Waals surface area contributed by atoms with Gasteiger partial charge in [-0.25, -0.2) is 19.9 Å². The summed E-state index contributed by atoms with van der Waals surface area (Å²) in [5.41, 5.74) is 14.8. The van der Waals surface area contributed by atoms with Gasteiger partial charge in [0, 0.05) is 72.8 Å². The fraction of sp³-hybridized carbons (Fsp3) is 0.0645. The Morgan fingerprint density at radius 3 is 0.871 bits per heavy atom. The molecule has 0 aliphatic rings. The second-order valence-electron chi connectivity index (χ2n) is 16.3. The summed E-state index contributed by atoms with van der Waals surface area (Å²) in [4.78, 5) is 22.6. The number of benzene rings is 7. The van der Waals surface area contributed by atoms with Crippen LogP contribution in [0.4, 0.5) is 22.7 Å². The fourth-order valence-electron chi connectivity index (χ4n) is 7.62. The minimum Gasteiger partial charge on any atom is -0.345 e. The van der Waals surface area contributed by atoms with Gasteiger partial charge in [0.15, 0.2) is 0 Å². The first-order valence-electron chi connectivity index (χ1n) is 23.3. The van der Waals surface area contributed by atoms with E-state index in [0.717, 1.165) is 56.2 Å². The molecule has 0 spiro atoms. The van der Waals surface area contributed by atoms with E-state index in [1.165, 1.54) is 22.7 Å². The van der Waals surface area contributed by atoms with Crippen LogP contribution in [0, 0.1) is 13.8 Å². The number of imidazole rings is 2. The van der Waals surface area contributed by atoms with Gasteiger partial charge in [0.25, 0.3) is 0 Å². The quantitative estimate of drug-likeness (QED) is 0.166. The number of pyridine rings is 2. The largest absolute Gasteiger partial charge is 0.345 e. The lowest BCUT2D eigenvalue weighted by molar-refractivity contribution is 1.18. The smallest absolute Gasteiger partial charge is 0.136 e. The molecule has 0 aliphatic heterocycles. The van der Waals surface area contributed by atoms with Crippen LogP contribution >= 0.6 is 0 Å². The molecule has 70 heavy (non-hydrogen) atoms. The molecule has 12 aromatic rings. The van der Waals surface area contributed by atoms with E-state index in [9.17, 15) is 0 Å². The number of hydrogen-bond donors (Lipinski definition) is 0. The third-order valence-electron chi connectivity index (χ3n) is 11.2. The highest BCUT2D eigenvalue weighted by Gasteiger charge is 2.12. The number of para-hydroxylation sites is 6. The topological polar surface area (TPSA) is 66.9 Å². The summed E-state index contributed by atoms with van der Waals surface area (Å²) in [5.74, 6) is 0. The summed E-state index contributed by atoms with van der Waals surface area (Å²) in [5, 5.41) is 0. The number of nitrogens with zero attached hydrogens (tertiary/aromatic N) is 8. The average Bonchev–Trinajstić information content (AvgIpc) is 4.03. The average molecular weight is 913 g/mol. The molecule has 0 saturated heterocycles. The van der Waals surface area contributed by atoms with E-state index in [1.807, 2.05) is 169 Å². The van der Waals surface area contributed by atoms with Crippen molar-refractivity contribution in [3.63, 3.8) is 0 Å². The van der Waals surface area contributed by atoms with Crippen molar-refractivity contribution in [2.75, 3.05) is 23.9 Å². The summed E-state index contributed by atoms with van der Waals surface area (Å²) in [7, 11) is 4.15. The van der Waals surface area contributed by atoms with Crippen LogP contribution in [-0.4, -0.2) is 42.8 Å². The lowest BCUT2D eigenvalue weighted by atomic mass is 10.0. The van der Waals surface area contributed by atoms with Gasteiger partial charge >= 0.3 is 0 Å². The van der Waals surface area contributed by atoms with Crippen LogP contribution in [0.5, 0.6) is 0 Å². The maximum absolute atomic E-state index is 4.86. The van der Waals surface area contributed by atoms with E-state index in [0.29, 0.717) is 0 Å².